The molecule has 0 aliphatic heterocycles. The quantitative estimate of drug-likeness (QED) is 0.803. The maximum absolute atomic E-state index is 9.13. The molecule has 2 rings (SSSR count). The molecular weight excluding hydrogens is 250 g/mol. The molecule has 0 saturated carbocycles. The summed E-state index contributed by atoms with van der Waals surface area (Å²) in [5, 5.41) is 9.13. The lowest BCUT2D eigenvalue weighted by atomic mass is 10.0. The molecule has 20 heavy (non-hydrogen) atoms. The Labute approximate surface area is 119 Å². The van der Waals surface area contributed by atoms with Crippen molar-refractivity contribution >= 4 is 5.70 Å². The fourth-order valence-electron chi connectivity index (χ4n) is 2.08. The summed E-state index contributed by atoms with van der Waals surface area (Å²) in [6.45, 7) is 2.03. The topological polar surface area (TPSA) is 41.5 Å². The molecule has 0 bridgehead atoms. The number of allylic oxidation sites excluding steroid dienone is 1. The lowest BCUT2D eigenvalue weighted by molar-refractivity contribution is 0.224. The van der Waals surface area contributed by atoms with Gasteiger partial charge < -0.3 is 4.74 Å². The molecule has 0 heterocycles. The van der Waals surface area contributed by atoms with Gasteiger partial charge in [0.25, 0.3) is 0 Å². The van der Waals surface area contributed by atoms with Crippen LogP contribution in [-0.4, -0.2) is 12.3 Å². The van der Waals surface area contributed by atoms with Gasteiger partial charge >= 0.3 is 0 Å². The van der Waals surface area contributed by atoms with Crippen molar-refractivity contribution in [2.75, 3.05) is 7.11 Å². The van der Waals surface area contributed by atoms with Crippen LogP contribution in [0, 0.1) is 0 Å². The van der Waals surface area contributed by atoms with Crippen LogP contribution in [0.1, 0.15) is 18.9 Å². The zero-order chi connectivity index (χ0) is 14.4. The van der Waals surface area contributed by atoms with Crippen LogP contribution in [0.25, 0.3) is 16.8 Å². The van der Waals surface area contributed by atoms with Gasteiger partial charge in [0, 0.05) is 0 Å². The van der Waals surface area contributed by atoms with Gasteiger partial charge in [-0.2, -0.15) is 0 Å². The normalized spacial score (nSPS) is 11.2. The van der Waals surface area contributed by atoms with Crippen LogP contribution in [0.3, 0.4) is 0 Å². The van der Waals surface area contributed by atoms with Crippen molar-refractivity contribution in [2.45, 2.75) is 13.3 Å². The minimum atomic E-state index is 0.727. The van der Waals surface area contributed by atoms with Crippen LogP contribution in [0.15, 0.2) is 54.6 Å². The Bertz CT molecular complexity index is 588. The van der Waals surface area contributed by atoms with Gasteiger partial charge in [-0.3, -0.25) is 10.7 Å². The minimum absolute atomic E-state index is 0.727. The van der Waals surface area contributed by atoms with Gasteiger partial charge in [0.05, 0.1) is 12.8 Å². The molecule has 0 saturated heterocycles. The van der Waals surface area contributed by atoms with Crippen molar-refractivity contribution in [1.29, 1.82) is 0 Å². The summed E-state index contributed by atoms with van der Waals surface area (Å²) < 4.78 is 5.24. The van der Waals surface area contributed by atoms with E-state index in [9.17, 15) is 0 Å². The molecule has 0 atom stereocenters. The summed E-state index contributed by atoms with van der Waals surface area (Å²) in [4.78, 5) is 0. The first-order chi connectivity index (χ1) is 9.78. The number of ether oxygens (including phenoxy) is 1. The number of benzene rings is 2. The number of rotatable bonds is 5. The molecule has 0 radical (unpaired) electrons. The van der Waals surface area contributed by atoms with Crippen LogP contribution in [0.2, 0.25) is 0 Å². The van der Waals surface area contributed by atoms with E-state index in [0.717, 1.165) is 34.6 Å². The second-order valence-corrected chi connectivity index (χ2v) is 4.45. The third-order valence-electron chi connectivity index (χ3n) is 3.13. The van der Waals surface area contributed by atoms with E-state index in [1.165, 1.54) is 0 Å². The third-order valence-corrected chi connectivity index (χ3v) is 3.13. The molecule has 3 nitrogen and oxygen atoms in total. The molecule has 0 fully saturated rings. The van der Waals surface area contributed by atoms with E-state index in [1.807, 2.05) is 61.5 Å². The minimum Gasteiger partial charge on any atom is -0.497 e. The van der Waals surface area contributed by atoms with E-state index in [4.69, 9.17) is 9.94 Å². The zero-order valence-electron chi connectivity index (χ0n) is 11.8. The van der Waals surface area contributed by atoms with Crippen LogP contribution >= 0.6 is 0 Å². The Kier molecular flexibility index (Phi) is 4.80. The Balaban J connectivity index is 2.29. The number of hydrogen-bond donors (Lipinski definition) is 2. The van der Waals surface area contributed by atoms with Gasteiger partial charge in [0.1, 0.15) is 5.75 Å². The van der Waals surface area contributed by atoms with Gasteiger partial charge in [-0.1, -0.05) is 49.4 Å². The van der Waals surface area contributed by atoms with E-state index in [0.29, 0.717) is 0 Å². The first-order valence-corrected chi connectivity index (χ1v) is 6.63. The number of nitrogens with one attached hydrogen (secondary N) is 1. The Morgan fingerprint density at radius 2 is 1.90 bits per heavy atom. The fourth-order valence-corrected chi connectivity index (χ4v) is 2.08. The monoisotopic (exact) mass is 269 g/mol. The predicted octanol–water partition coefficient (Wildman–Crippen LogP) is 4.09. The predicted molar refractivity (Wildman–Crippen MR) is 81.6 cm³/mol. The van der Waals surface area contributed by atoms with Crippen molar-refractivity contribution in [1.82, 2.24) is 5.48 Å². The first-order valence-electron chi connectivity index (χ1n) is 6.63. The number of hydroxylamine groups is 1. The van der Waals surface area contributed by atoms with Gasteiger partial charge in [0.15, 0.2) is 0 Å². The summed E-state index contributed by atoms with van der Waals surface area (Å²) in [6, 6.07) is 16.0. The average molecular weight is 269 g/mol. The molecule has 0 unspecified atom stereocenters. The van der Waals surface area contributed by atoms with Gasteiger partial charge in [0.2, 0.25) is 0 Å². The van der Waals surface area contributed by atoms with E-state index in [2.05, 4.69) is 5.48 Å². The summed E-state index contributed by atoms with van der Waals surface area (Å²) in [5.74, 6) is 0.843. The van der Waals surface area contributed by atoms with Crippen molar-refractivity contribution < 1.29 is 9.94 Å². The van der Waals surface area contributed by atoms with Crippen LogP contribution < -0.4 is 10.2 Å². The average Bonchev–Trinajstić information content (AvgIpc) is 2.53. The molecule has 2 aromatic rings. The van der Waals surface area contributed by atoms with Gasteiger partial charge in [-0.05, 0) is 35.2 Å². The smallest absolute Gasteiger partial charge is 0.119 e. The Hall–Kier alpha value is -2.26. The molecular formula is C17H19NO2. The van der Waals surface area contributed by atoms with Crippen LogP contribution in [-0.2, 0) is 0 Å². The summed E-state index contributed by atoms with van der Waals surface area (Å²) >= 11 is 0. The Morgan fingerprint density at radius 3 is 2.50 bits per heavy atom. The van der Waals surface area contributed by atoms with E-state index < -0.39 is 0 Å². The van der Waals surface area contributed by atoms with Crippen LogP contribution in [0.5, 0.6) is 5.75 Å². The second kappa shape index (κ2) is 6.78. The maximum atomic E-state index is 9.13. The molecule has 0 aliphatic rings. The highest BCUT2D eigenvalue weighted by Gasteiger charge is 2.02. The highest BCUT2D eigenvalue weighted by molar-refractivity contribution is 5.70. The molecule has 0 spiro atoms. The van der Waals surface area contributed by atoms with Gasteiger partial charge in [-0.25, -0.2) is 0 Å². The largest absolute Gasteiger partial charge is 0.497 e. The molecule has 2 aromatic carbocycles. The molecule has 104 valence electrons. The lowest BCUT2D eigenvalue weighted by Gasteiger charge is -2.08. The van der Waals surface area contributed by atoms with Crippen molar-refractivity contribution in [3.05, 3.63) is 60.2 Å². The standard InChI is InChI=1S/C17H19NO2/c1-3-5-17(18-19)14-10-8-13(9-11-14)15-6-4-7-16(12-15)20-2/h4-12,18-19H,3H2,1-2H3/b17-5+. The summed E-state index contributed by atoms with van der Waals surface area (Å²) in [6.07, 6.45) is 2.81. The molecule has 0 amide bonds. The third kappa shape index (κ3) is 3.19. The summed E-state index contributed by atoms with van der Waals surface area (Å²) in [7, 11) is 1.66. The molecule has 3 heteroatoms. The number of hydrogen-bond acceptors (Lipinski definition) is 3. The van der Waals surface area contributed by atoms with Crippen molar-refractivity contribution in [3.63, 3.8) is 0 Å². The maximum Gasteiger partial charge on any atom is 0.119 e. The molecule has 2 N–H and O–H groups in total. The number of methoxy groups -OCH3 is 1. The Morgan fingerprint density at radius 1 is 1.15 bits per heavy atom. The molecule has 0 aliphatic carbocycles. The highest BCUT2D eigenvalue weighted by atomic mass is 16.5. The van der Waals surface area contributed by atoms with Crippen molar-refractivity contribution in [3.8, 4) is 16.9 Å². The first kappa shape index (κ1) is 14.2. The summed E-state index contributed by atoms with van der Waals surface area (Å²) in [5.41, 5.74) is 6.14. The van der Waals surface area contributed by atoms with Crippen LogP contribution in [0.4, 0.5) is 0 Å². The van der Waals surface area contributed by atoms with Crippen molar-refractivity contribution in [2.24, 2.45) is 0 Å². The lowest BCUT2D eigenvalue weighted by Crippen LogP contribution is -2.05. The van der Waals surface area contributed by atoms with Gasteiger partial charge in [-0.15, -0.1) is 0 Å². The van der Waals surface area contributed by atoms with E-state index in [1.54, 1.807) is 7.11 Å². The van der Waals surface area contributed by atoms with E-state index >= 15 is 0 Å². The molecule has 0 aromatic heterocycles. The fraction of sp³-hybridized carbons (Fsp3) is 0.176. The van der Waals surface area contributed by atoms with E-state index in [-0.39, 0.29) is 0 Å². The highest BCUT2D eigenvalue weighted by Crippen LogP contribution is 2.25. The SMILES string of the molecule is CC/C=C(/NO)c1ccc(-c2cccc(OC)c2)cc1. The second-order valence-electron chi connectivity index (χ2n) is 4.45. The zero-order valence-corrected chi connectivity index (χ0v) is 11.8.